The smallest absolute Gasteiger partial charge is 0.318 e. The lowest BCUT2D eigenvalue weighted by Crippen LogP contribution is -1.98. The van der Waals surface area contributed by atoms with E-state index in [0.29, 0.717) is 17.1 Å². The fraction of sp³-hybridized carbons (Fsp3) is 0.0435. The van der Waals surface area contributed by atoms with E-state index in [4.69, 9.17) is 9.47 Å². The normalized spacial score (nSPS) is 10.9. The van der Waals surface area contributed by atoms with Gasteiger partial charge in [0.25, 0.3) is 5.69 Å². The molecule has 0 amide bonds. The highest BCUT2D eigenvalue weighted by Crippen LogP contribution is 2.38. The number of nitro benzene ring substituents is 2. The van der Waals surface area contributed by atoms with Crippen molar-refractivity contribution in [1.82, 2.24) is 4.98 Å². The minimum atomic E-state index is -0.748. The Morgan fingerprint density at radius 3 is 2.47 bits per heavy atom. The van der Waals surface area contributed by atoms with E-state index >= 15 is 0 Å². The molecule has 0 saturated carbocycles. The lowest BCUT2D eigenvalue weighted by atomic mass is 10.2. The molecule has 1 N–H and O–H groups in total. The second kappa shape index (κ2) is 9.61. The van der Waals surface area contributed by atoms with Gasteiger partial charge < -0.3 is 9.47 Å². The first-order chi connectivity index (χ1) is 16.4. The quantitative estimate of drug-likeness (QED) is 0.212. The Kier molecular flexibility index (Phi) is 6.26. The van der Waals surface area contributed by atoms with Crippen LogP contribution in [0.25, 0.3) is 10.9 Å². The zero-order valence-electron chi connectivity index (χ0n) is 17.7. The first kappa shape index (κ1) is 22.1. The fourth-order valence-electron chi connectivity index (χ4n) is 3.12. The van der Waals surface area contributed by atoms with Crippen LogP contribution in [-0.2, 0) is 0 Å². The zero-order chi connectivity index (χ0) is 24.1. The van der Waals surface area contributed by atoms with Gasteiger partial charge in [0.05, 0.1) is 34.8 Å². The summed E-state index contributed by atoms with van der Waals surface area (Å²) in [5.74, 6) is 0.910. The number of ether oxygens (including phenoxy) is 2. The highest BCUT2D eigenvalue weighted by Gasteiger charge is 2.22. The third-order valence-electron chi connectivity index (χ3n) is 4.75. The van der Waals surface area contributed by atoms with Crippen molar-refractivity contribution in [3.05, 3.63) is 98.6 Å². The van der Waals surface area contributed by atoms with E-state index in [2.05, 4.69) is 15.5 Å². The van der Waals surface area contributed by atoms with E-state index in [1.165, 1.54) is 13.2 Å². The monoisotopic (exact) mass is 459 g/mol. The van der Waals surface area contributed by atoms with Crippen LogP contribution in [0.2, 0.25) is 0 Å². The summed E-state index contributed by atoms with van der Waals surface area (Å²) in [5, 5.41) is 27.5. The molecule has 170 valence electrons. The number of hydrogen-bond donors (Lipinski definition) is 1. The minimum absolute atomic E-state index is 0.153. The molecule has 0 atom stereocenters. The molecule has 0 aliphatic heterocycles. The van der Waals surface area contributed by atoms with Crippen LogP contribution in [-0.4, -0.2) is 28.2 Å². The number of aromatic nitrogens is 1. The Balaban J connectivity index is 1.52. The van der Waals surface area contributed by atoms with Crippen molar-refractivity contribution in [1.29, 1.82) is 0 Å². The molecule has 0 fully saturated rings. The topological polar surface area (TPSA) is 142 Å². The summed E-state index contributed by atoms with van der Waals surface area (Å²) in [4.78, 5) is 25.3. The van der Waals surface area contributed by atoms with Crippen LogP contribution < -0.4 is 14.9 Å². The van der Waals surface area contributed by atoms with Crippen molar-refractivity contribution >= 4 is 34.3 Å². The SMILES string of the molecule is COc1cc(/C=N/Nc2ccc3ccccc3n2)ccc1Oc1ccc([N+](=O)[O-])cc1[N+](=O)[O-]. The molecule has 0 bridgehead atoms. The van der Waals surface area contributed by atoms with E-state index in [9.17, 15) is 20.2 Å². The number of nitrogens with one attached hydrogen (secondary N) is 1. The van der Waals surface area contributed by atoms with Crippen LogP contribution >= 0.6 is 0 Å². The molecule has 0 saturated heterocycles. The number of rotatable bonds is 8. The van der Waals surface area contributed by atoms with Crippen molar-refractivity contribution in [2.75, 3.05) is 12.5 Å². The molecule has 3 aromatic carbocycles. The van der Waals surface area contributed by atoms with Crippen LogP contribution in [0.15, 0.2) is 77.9 Å². The molecule has 4 rings (SSSR count). The third kappa shape index (κ3) is 4.88. The summed E-state index contributed by atoms with van der Waals surface area (Å²) in [6.07, 6.45) is 1.55. The standard InChI is InChI=1S/C23H17N5O6/c1-33-22-12-15(14-24-26-23-11-7-16-4-2-3-5-18(16)25-23)6-9-21(22)34-20-10-8-17(27(29)30)13-19(20)28(31)32/h2-14H,1H3,(H,25,26)/b24-14+. The average Bonchev–Trinajstić information content (AvgIpc) is 2.84. The van der Waals surface area contributed by atoms with Gasteiger partial charge in [0.1, 0.15) is 5.82 Å². The van der Waals surface area contributed by atoms with Gasteiger partial charge in [-0.15, -0.1) is 0 Å². The van der Waals surface area contributed by atoms with Crippen LogP contribution in [0.3, 0.4) is 0 Å². The highest BCUT2D eigenvalue weighted by atomic mass is 16.6. The van der Waals surface area contributed by atoms with Gasteiger partial charge in [0, 0.05) is 11.5 Å². The first-order valence-corrected chi connectivity index (χ1v) is 9.88. The number of nitro groups is 2. The highest BCUT2D eigenvalue weighted by molar-refractivity contribution is 5.82. The number of methoxy groups -OCH3 is 1. The zero-order valence-corrected chi connectivity index (χ0v) is 17.7. The number of non-ortho nitro benzene ring substituents is 1. The Labute approximate surface area is 192 Å². The molecule has 0 radical (unpaired) electrons. The Hall–Kier alpha value is -5.06. The lowest BCUT2D eigenvalue weighted by Gasteiger charge is -2.11. The lowest BCUT2D eigenvalue weighted by molar-refractivity contribution is -0.394. The number of fused-ring (bicyclic) bond motifs is 1. The van der Waals surface area contributed by atoms with Crippen LogP contribution in [0.5, 0.6) is 17.2 Å². The molecule has 1 aromatic heterocycles. The molecule has 11 nitrogen and oxygen atoms in total. The van der Waals surface area contributed by atoms with Crippen molar-refractivity contribution in [2.45, 2.75) is 0 Å². The van der Waals surface area contributed by atoms with Crippen LogP contribution in [0.4, 0.5) is 17.2 Å². The summed E-state index contributed by atoms with van der Waals surface area (Å²) < 4.78 is 11.0. The number of anilines is 1. The van der Waals surface area contributed by atoms with E-state index in [0.717, 1.165) is 23.0 Å². The van der Waals surface area contributed by atoms with Gasteiger partial charge >= 0.3 is 5.69 Å². The molecule has 4 aromatic rings. The fourth-order valence-corrected chi connectivity index (χ4v) is 3.12. The summed E-state index contributed by atoms with van der Waals surface area (Å²) in [6, 6.07) is 19.5. The van der Waals surface area contributed by atoms with E-state index in [1.54, 1.807) is 24.4 Å². The number of nitrogens with zero attached hydrogens (tertiary/aromatic N) is 4. The molecule has 1 heterocycles. The molecule has 34 heavy (non-hydrogen) atoms. The summed E-state index contributed by atoms with van der Waals surface area (Å²) in [7, 11) is 1.42. The Morgan fingerprint density at radius 1 is 0.912 bits per heavy atom. The maximum Gasteiger partial charge on any atom is 0.318 e. The first-order valence-electron chi connectivity index (χ1n) is 9.88. The van der Waals surface area contributed by atoms with E-state index in [-0.39, 0.29) is 11.5 Å². The second-order valence-electron chi connectivity index (χ2n) is 6.94. The maximum absolute atomic E-state index is 11.3. The van der Waals surface area contributed by atoms with E-state index < -0.39 is 21.2 Å². The molecule has 0 aliphatic rings. The van der Waals surface area contributed by atoms with Crippen LogP contribution in [0.1, 0.15) is 5.56 Å². The molecule has 0 unspecified atom stereocenters. The molecular weight excluding hydrogens is 442 g/mol. The van der Waals surface area contributed by atoms with Gasteiger partial charge in [-0.2, -0.15) is 5.10 Å². The number of para-hydroxylation sites is 1. The number of benzene rings is 3. The molecule has 0 aliphatic carbocycles. The van der Waals surface area contributed by atoms with E-state index in [1.807, 2.05) is 36.4 Å². The van der Waals surface area contributed by atoms with Gasteiger partial charge in [0.2, 0.25) is 5.75 Å². The molecular formula is C23H17N5O6. The second-order valence-corrected chi connectivity index (χ2v) is 6.94. The number of hydrazone groups is 1. The maximum atomic E-state index is 11.3. The molecule has 0 spiro atoms. The van der Waals surface area contributed by atoms with Gasteiger partial charge in [-0.05, 0) is 48.0 Å². The van der Waals surface area contributed by atoms with Gasteiger partial charge in [0.15, 0.2) is 11.5 Å². The Morgan fingerprint density at radius 2 is 1.71 bits per heavy atom. The molecule has 11 heteroatoms. The van der Waals surface area contributed by atoms with Gasteiger partial charge in [-0.1, -0.05) is 18.2 Å². The van der Waals surface area contributed by atoms with Crippen LogP contribution in [0, 0.1) is 20.2 Å². The van der Waals surface area contributed by atoms with Crippen molar-refractivity contribution < 1.29 is 19.3 Å². The predicted molar refractivity (Wildman–Crippen MR) is 126 cm³/mol. The number of pyridine rings is 1. The van der Waals surface area contributed by atoms with Crippen molar-refractivity contribution in [3.8, 4) is 17.2 Å². The average molecular weight is 459 g/mol. The van der Waals surface area contributed by atoms with Gasteiger partial charge in [-0.25, -0.2) is 4.98 Å². The third-order valence-corrected chi connectivity index (χ3v) is 4.75. The summed E-state index contributed by atoms with van der Waals surface area (Å²) in [6.45, 7) is 0. The predicted octanol–water partition coefficient (Wildman–Crippen LogP) is 5.30. The summed E-state index contributed by atoms with van der Waals surface area (Å²) in [5.41, 5.74) is 3.43. The summed E-state index contributed by atoms with van der Waals surface area (Å²) >= 11 is 0. The van der Waals surface area contributed by atoms with Gasteiger partial charge in [-0.3, -0.25) is 25.7 Å². The number of hydrogen-bond acceptors (Lipinski definition) is 9. The Bertz CT molecular complexity index is 1420. The van der Waals surface area contributed by atoms with Crippen molar-refractivity contribution in [2.24, 2.45) is 5.10 Å². The van der Waals surface area contributed by atoms with Crippen molar-refractivity contribution in [3.63, 3.8) is 0 Å². The largest absolute Gasteiger partial charge is 0.493 e. The minimum Gasteiger partial charge on any atom is -0.493 e.